The van der Waals surface area contributed by atoms with Gasteiger partial charge in [0, 0.05) is 6.42 Å². The van der Waals surface area contributed by atoms with Gasteiger partial charge in [0.25, 0.3) is 0 Å². The van der Waals surface area contributed by atoms with E-state index < -0.39 is 49.5 Å². The predicted octanol–water partition coefficient (Wildman–Crippen LogP) is 15.1. The molecule has 1 aliphatic heterocycles. The smallest absolute Gasteiger partial charge is 0.220 e. The van der Waals surface area contributed by atoms with Crippen LogP contribution in [0.15, 0.2) is 36.5 Å². The molecule has 7 unspecified atom stereocenters. The molecule has 70 heavy (non-hydrogen) atoms. The number of hydrogen-bond donors (Lipinski definition) is 6. The quantitative estimate of drug-likeness (QED) is 0.0261. The molecule has 0 aromatic rings. The average Bonchev–Trinajstić information content (AvgIpc) is 3.36. The topological polar surface area (TPSA) is 149 Å². The van der Waals surface area contributed by atoms with E-state index in [1.165, 1.54) is 205 Å². The summed E-state index contributed by atoms with van der Waals surface area (Å²) < 4.78 is 11.3. The number of ether oxygens (including phenoxy) is 2. The lowest BCUT2D eigenvalue weighted by atomic mass is 9.99. The number of nitrogens with one attached hydrogen (secondary N) is 1. The van der Waals surface area contributed by atoms with Crippen molar-refractivity contribution >= 4 is 5.91 Å². The molecule has 0 bridgehead atoms. The molecule has 9 heteroatoms. The van der Waals surface area contributed by atoms with Crippen LogP contribution in [0.2, 0.25) is 0 Å². The molecule has 9 nitrogen and oxygen atoms in total. The van der Waals surface area contributed by atoms with E-state index in [0.29, 0.717) is 6.42 Å². The van der Waals surface area contributed by atoms with Gasteiger partial charge in [0.15, 0.2) is 6.29 Å². The third kappa shape index (κ3) is 39.9. The Morgan fingerprint density at radius 1 is 0.486 bits per heavy atom. The predicted molar refractivity (Wildman–Crippen MR) is 295 cm³/mol. The zero-order valence-electron chi connectivity index (χ0n) is 45.8. The van der Waals surface area contributed by atoms with Gasteiger partial charge in [0.1, 0.15) is 24.4 Å². The first-order chi connectivity index (χ1) is 34.3. The van der Waals surface area contributed by atoms with Gasteiger partial charge in [-0.15, -0.1) is 0 Å². The molecule has 1 saturated heterocycles. The zero-order valence-corrected chi connectivity index (χ0v) is 45.8. The minimum absolute atomic E-state index is 0.188. The molecule has 7 atom stereocenters. The highest BCUT2D eigenvalue weighted by Crippen LogP contribution is 2.23. The SMILES string of the molecule is CCCCC/C=C\C/C=C\CCCCCCCC(=O)NC(COC1OC(CO)C(O)C(O)C1O)C(O)/C=C/CCCCCCCCCCCCCCCCCCCCCCCCCCCCCCCC. The summed E-state index contributed by atoms with van der Waals surface area (Å²) in [5.74, 6) is -0.188. The number of hydrogen-bond acceptors (Lipinski definition) is 8. The fraction of sp³-hybridized carbons (Fsp3) is 0.885. The summed E-state index contributed by atoms with van der Waals surface area (Å²) in [6, 6.07) is -0.812. The van der Waals surface area contributed by atoms with Gasteiger partial charge in [-0.25, -0.2) is 0 Å². The van der Waals surface area contributed by atoms with Crippen LogP contribution in [0.25, 0.3) is 0 Å². The van der Waals surface area contributed by atoms with E-state index in [2.05, 4.69) is 43.5 Å². The highest BCUT2D eigenvalue weighted by atomic mass is 16.7. The zero-order chi connectivity index (χ0) is 50.8. The molecule has 0 aromatic heterocycles. The van der Waals surface area contributed by atoms with Crippen molar-refractivity contribution in [3.63, 3.8) is 0 Å². The lowest BCUT2D eigenvalue weighted by Crippen LogP contribution is -2.60. The van der Waals surface area contributed by atoms with Crippen molar-refractivity contribution in [2.24, 2.45) is 0 Å². The molecule has 0 radical (unpaired) electrons. The second-order valence-electron chi connectivity index (χ2n) is 21.1. The fourth-order valence-corrected chi connectivity index (χ4v) is 9.66. The molecule has 1 aliphatic rings. The maximum atomic E-state index is 13.0. The Morgan fingerprint density at radius 3 is 1.26 bits per heavy atom. The minimum atomic E-state index is -1.57. The number of aliphatic hydroxyl groups is 5. The Bertz CT molecular complexity index is 1190. The number of carbonyl (C=O) groups excluding carboxylic acids is 1. The Balaban J connectivity index is 2.14. The molecule has 0 aromatic carbocycles. The molecular weight excluding hydrogens is 875 g/mol. The Kier molecular flexibility index (Phi) is 48.3. The van der Waals surface area contributed by atoms with E-state index in [1.807, 2.05) is 6.08 Å². The normalized spacial score (nSPS) is 19.6. The molecule has 0 saturated carbocycles. The maximum Gasteiger partial charge on any atom is 0.220 e. The second-order valence-corrected chi connectivity index (χ2v) is 21.1. The van der Waals surface area contributed by atoms with Gasteiger partial charge in [-0.05, 0) is 51.4 Å². The molecule has 0 spiro atoms. The van der Waals surface area contributed by atoms with Crippen LogP contribution in [0.5, 0.6) is 0 Å². The summed E-state index contributed by atoms with van der Waals surface area (Å²) in [5, 5.41) is 54.5. The largest absolute Gasteiger partial charge is 0.394 e. The van der Waals surface area contributed by atoms with Crippen LogP contribution in [0.3, 0.4) is 0 Å². The van der Waals surface area contributed by atoms with Gasteiger partial charge in [-0.2, -0.15) is 0 Å². The third-order valence-corrected chi connectivity index (χ3v) is 14.5. The van der Waals surface area contributed by atoms with E-state index in [4.69, 9.17) is 9.47 Å². The maximum absolute atomic E-state index is 13.0. The molecule has 1 amide bonds. The summed E-state index contributed by atoms with van der Waals surface area (Å²) in [4.78, 5) is 13.0. The van der Waals surface area contributed by atoms with Gasteiger partial charge in [0.05, 0.1) is 25.4 Å². The summed E-state index contributed by atoms with van der Waals surface area (Å²) in [6.07, 6.45) is 59.5. The molecule has 1 heterocycles. The first kappa shape index (κ1) is 66.4. The monoisotopic (exact) mass is 990 g/mol. The number of rotatable bonds is 52. The van der Waals surface area contributed by atoms with E-state index in [0.717, 1.165) is 64.2 Å². The van der Waals surface area contributed by atoms with Crippen LogP contribution < -0.4 is 5.32 Å². The fourth-order valence-electron chi connectivity index (χ4n) is 9.66. The van der Waals surface area contributed by atoms with Crippen molar-refractivity contribution in [1.29, 1.82) is 0 Å². The highest BCUT2D eigenvalue weighted by Gasteiger charge is 2.44. The molecule has 1 rings (SSSR count). The van der Waals surface area contributed by atoms with E-state index in [-0.39, 0.29) is 12.5 Å². The summed E-state index contributed by atoms with van der Waals surface area (Å²) in [6.45, 7) is 3.77. The Morgan fingerprint density at radius 2 is 0.843 bits per heavy atom. The standard InChI is InChI=1S/C61H115NO8/c1-3-5-7-9-11-13-15-17-19-20-21-22-23-24-25-26-27-28-29-30-31-32-33-34-35-37-38-40-42-44-46-48-50-55(64)54(53-69-61-60(68)59(67)58(66)56(52-63)70-61)62-57(65)51-49-47-45-43-41-39-36-18-16-14-12-10-8-6-4-2/h12,14,18,36,48,50,54-56,58-61,63-64,66-68H,3-11,13,15-17,19-35,37-47,49,51-53H2,1-2H3,(H,62,65)/b14-12-,36-18-,50-48+. The first-order valence-electron chi connectivity index (χ1n) is 30.2. The summed E-state index contributed by atoms with van der Waals surface area (Å²) in [5.41, 5.74) is 0. The van der Waals surface area contributed by atoms with Gasteiger partial charge >= 0.3 is 0 Å². The van der Waals surface area contributed by atoms with Crippen LogP contribution in [-0.2, 0) is 14.3 Å². The summed E-state index contributed by atoms with van der Waals surface area (Å²) >= 11 is 0. The molecule has 0 aliphatic carbocycles. The molecule has 412 valence electrons. The number of aliphatic hydroxyl groups excluding tert-OH is 5. The first-order valence-corrected chi connectivity index (χ1v) is 30.2. The van der Waals surface area contributed by atoms with Crippen molar-refractivity contribution in [3.05, 3.63) is 36.5 Å². The van der Waals surface area contributed by atoms with Crippen molar-refractivity contribution in [2.45, 2.75) is 333 Å². The van der Waals surface area contributed by atoms with Crippen molar-refractivity contribution in [2.75, 3.05) is 13.2 Å². The van der Waals surface area contributed by atoms with Crippen LogP contribution in [-0.4, -0.2) is 87.5 Å². The molecular formula is C61H115NO8. The third-order valence-electron chi connectivity index (χ3n) is 14.5. The lowest BCUT2D eigenvalue weighted by Gasteiger charge is -2.40. The number of unbranched alkanes of at least 4 members (excludes halogenated alkanes) is 38. The summed E-state index contributed by atoms with van der Waals surface area (Å²) in [7, 11) is 0. The number of allylic oxidation sites excluding steroid dienone is 5. The lowest BCUT2D eigenvalue weighted by molar-refractivity contribution is -0.302. The molecule has 6 N–H and O–H groups in total. The van der Waals surface area contributed by atoms with Crippen molar-refractivity contribution < 1.29 is 39.8 Å². The average molecular weight is 991 g/mol. The highest BCUT2D eigenvalue weighted by molar-refractivity contribution is 5.76. The minimum Gasteiger partial charge on any atom is -0.394 e. The van der Waals surface area contributed by atoms with Crippen molar-refractivity contribution in [1.82, 2.24) is 5.32 Å². The van der Waals surface area contributed by atoms with Gasteiger partial charge in [-0.1, -0.05) is 269 Å². The van der Waals surface area contributed by atoms with Gasteiger partial charge in [-0.3, -0.25) is 4.79 Å². The Labute approximate surface area is 431 Å². The van der Waals surface area contributed by atoms with Crippen LogP contribution in [0.4, 0.5) is 0 Å². The van der Waals surface area contributed by atoms with Crippen molar-refractivity contribution in [3.8, 4) is 0 Å². The van der Waals surface area contributed by atoms with E-state index in [1.54, 1.807) is 6.08 Å². The van der Waals surface area contributed by atoms with E-state index >= 15 is 0 Å². The van der Waals surface area contributed by atoms with Crippen LogP contribution >= 0.6 is 0 Å². The number of carbonyl (C=O) groups is 1. The van der Waals surface area contributed by atoms with Crippen LogP contribution in [0.1, 0.15) is 290 Å². The number of amides is 1. The second kappa shape index (κ2) is 50.9. The van der Waals surface area contributed by atoms with E-state index in [9.17, 15) is 30.3 Å². The Hall–Kier alpha value is -1.59. The van der Waals surface area contributed by atoms with Gasteiger partial charge < -0.3 is 40.3 Å². The van der Waals surface area contributed by atoms with Crippen LogP contribution in [0, 0.1) is 0 Å². The van der Waals surface area contributed by atoms with Gasteiger partial charge in [0.2, 0.25) is 5.91 Å². The molecule has 1 fully saturated rings.